The van der Waals surface area contributed by atoms with Crippen LogP contribution in [0.25, 0.3) is 15.9 Å². The van der Waals surface area contributed by atoms with Crippen LogP contribution in [0.15, 0.2) is 56.9 Å². The SMILES string of the molecule is O=C(CSc1nc2sc3c(c2c(=O)n1-c1ccc(Br)cc1)CCCC3)Nc1ccc(Cl)c(Cl)c1. The van der Waals surface area contributed by atoms with Gasteiger partial charge >= 0.3 is 0 Å². The van der Waals surface area contributed by atoms with Crippen LogP contribution in [0.4, 0.5) is 5.69 Å². The molecule has 0 aliphatic heterocycles. The summed E-state index contributed by atoms with van der Waals surface area (Å²) < 4.78 is 2.54. The van der Waals surface area contributed by atoms with Crippen molar-refractivity contribution in [3.8, 4) is 5.69 Å². The van der Waals surface area contributed by atoms with Crippen LogP contribution in [0.1, 0.15) is 23.3 Å². The van der Waals surface area contributed by atoms with Crippen LogP contribution in [0.2, 0.25) is 10.0 Å². The lowest BCUT2D eigenvalue weighted by Crippen LogP contribution is -2.23. The van der Waals surface area contributed by atoms with E-state index < -0.39 is 0 Å². The number of carbonyl (C=O) groups excluding carboxylic acids is 1. The van der Waals surface area contributed by atoms with Crippen molar-refractivity contribution in [2.45, 2.75) is 30.8 Å². The highest BCUT2D eigenvalue weighted by Gasteiger charge is 2.23. The molecule has 0 atom stereocenters. The quantitative estimate of drug-likeness (QED) is 0.197. The van der Waals surface area contributed by atoms with Gasteiger partial charge in [0.05, 0.1) is 26.9 Å². The highest BCUT2D eigenvalue weighted by atomic mass is 79.9. The van der Waals surface area contributed by atoms with Crippen LogP contribution in [0.3, 0.4) is 0 Å². The first-order valence-electron chi connectivity index (χ1n) is 10.6. The number of aryl methyl sites for hydroxylation is 2. The second-order valence-electron chi connectivity index (χ2n) is 7.87. The molecule has 0 spiro atoms. The number of amides is 1. The van der Waals surface area contributed by atoms with Crippen molar-refractivity contribution in [1.82, 2.24) is 9.55 Å². The van der Waals surface area contributed by atoms with Crippen molar-refractivity contribution in [2.75, 3.05) is 11.1 Å². The minimum Gasteiger partial charge on any atom is -0.325 e. The van der Waals surface area contributed by atoms with Crippen molar-refractivity contribution in [1.29, 1.82) is 0 Å². The van der Waals surface area contributed by atoms with Gasteiger partial charge in [-0.1, -0.05) is 50.9 Å². The van der Waals surface area contributed by atoms with Crippen LogP contribution in [-0.2, 0) is 17.6 Å². The maximum Gasteiger partial charge on any atom is 0.267 e. The lowest BCUT2D eigenvalue weighted by Gasteiger charge is -2.14. The summed E-state index contributed by atoms with van der Waals surface area (Å²) in [7, 11) is 0. The molecule has 2 heterocycles. The Bertz CT molecular complexity index is 1470. The standard InChI is InChI=1S/C24H18BrCl2N3O2S2/c25-13-5-8-15(9-6-13)30-23(32)21-16-3-1-2-4-19(16)34-22(21)29-24(30)33-12-20(31)28-14-7-10-17(26)18(27)11-14/h5-11H,1-4,12H2,(H,28,31). The average molecular weight is 595 g/mol. The molecule has 1 amide bonds. The molecule has 2 aromatic heterocycles. The minimum absolute atomic E-state index is 0.0831. The fraction of sp³-hybridized carbons (Fsp3) is 0.208. The van der Waals surface area contributed by atoms with Gasteiger partial charge in [-0.25, -0.2) is 4.98 Å². The molecule has 34 heavy (non-hydrogen) atoms. The summed E-state index contributed by atoms with van der Waals surface area (Å²) in [5.74, 6) is -0.148. The Morgan fingerprint density at radius 2 is 1.88 bits per heavy atom. The molecule has 2 aromatic carbocycles. The van der Waals surface area contributed by atoms with E-state index in [1.165, 1.54) is 16.6 Å². The second kappa shape index (κ2) is 10.0. The monoisotopic (exact) mass is 593 g/mol. The van der Waals surface area contributed by atoms with E-state index in [1.807, 2.05) is 24.3 Å². The van der Waals surface area contributed by atoms with Gasteiger partial charge in [0.25, 0.3) is 5.56 Å². The predicted molar refractivity (Wildman–Crippen MR) is 145 cm³/mol. The molecule has 0 fully saturated rings. The number of nitrogens with one attached hydrogen (secondary N) is 1. The van der Waals surface area contributed by atoms with Crippen LogP contribution in [0, 0.1) is 0 Å². The molecule has 0 bridgehead atoms. The molecular formula is C24H18BrCl2N3O2S2. The summed E-state index contributed by atoms with van der Waals surface area (Å²) >= 11 is 18.3. The van der Waals surface area contributed by atoms with Gasteiger partial charge in [-0.2, -0.15) is 0 Å². The van der Waals surface area contributed by atoms with E-state index in [-0.39, 0.29) is 17.2 Å². The normalized spacial score (nSPS) is 13.1. The molecule has 1 aliphatic carbocycles. The fourth-order valence-electron chi connectivity index (χ4n) is 4.00. The van der Waals surface area contributed by atoms with Gasteiger partial charge in [-0.3, -0.25) is 14.2 Å². The highest BCUT2D eigenvalue weighted by Crippen LogP contribution is 2.35. The van der Waals surface area contributed by atoms with E-state index in [2.05, 4.69) is 21.2 Å². The zero-order valence-electron chi connectivity index (χ0n) is 17.7. The van der Waals surface area contributed by atoms with Gasteiger partial charge in [-0.05, 0) is 73.7 Å². The Balaban J connectivity index is 1.50. The molecule has 5 nitrogen and oxygen atoms in total. The maximum absolute atomic E-state index is 13.7. The zero-order valence-corrected chi connectivity index (χ0v) is 22.5. The third-order valence-electron chi connectivity index (χ3n) is 5.58. The van der Waals surface area contributed by atoms with Crippen LogP contribution in [0.5, 0.6) is 0 Å². The molecule has 174 valence electrons. The number of halogens is 3. The zero-order chi connectivity index (χ0) is 23.8. The van der Waals surface area contributed by atoms with Gasteiger partial charge in [-0.15, -0.1) is 11.3 Å². The van der Waals surface area contributed by atoms with Crippen molar-refractivity contribution in [2.24, 2.45) is 0 Å². The number of thioether (sulfide) groups is 1. The van der Waals surface area contributed by atoms with Crippen LogP contribution >= 0.6 is 62.2 Å². The first-order valence-corrected chi connectivity index (χ1v) is 14.0. The van der Waals surface area contributed by atoms with Crippen molar-refractivity contribution < 1.29 is 4.79 Å². The number of nitrogens with zero attached hydrogens (tertiary/aromatic N) is 2. The Labute approximate surface area is 222 Å². The lowest BCUT2D eigenvalue weighted by molar-refractivity contribution is -0.113. The molecule has 4 aromatic rings. The van der Waals surface area contributed by atoms with Gasteiger partial charge < -0.3 is 5.32 Å². The Hall–Kier alpha value is -1.84. The number of fused-ring (bicyclic) bond motifs is 3. The molecule has 0 radical (unpaired) electrons. The number of hydrogen-bond acceptors (Lipinski definition) is 5. The Kier molecular flexibility index (Phi) is 7.04. The third-order valence-corrected chi connectivity index (χ3v) is 8.97. The number of hydrogen-bond donors (Lipinski definition) is 1. The Morgan fingerprint density at radius 3 is 2.65 bits per heavy atom. The van der Waals surface area contributed by atoms with E-state index in [9.17, 15) is 9.59 Å². The molecular weight excluding hydrogens is 577 g/mol. The molecule has 1 aliphatic rings. The molecule has 5 rings (SSSR count). The Morgan fingerprint density at radius 1 is 1.12 bits per heavy atom. The lowest BCUT2D eigenvalue weighted by atomic mass is 9.97. The largest absolute Gasteiger partial charge is 0.325 e. The van der Waals surface area contributed by atoms with E-state index in [4.69, 9.17) is 28.2 Å². The number of aromatic nitrogens is 2. The second-order valence-corrected chi connectivity index (χ2v) is 11.6. The van der Waals surface area contributed by atoms with Crippen LogP contribution in [-0.4, -0.2) is 21.2 Å². The van der Waals surface area contributed by atoms with Gasteiger partial charge in [0.1, 0.15) is 4.83 Å². The van der Waals surface area contributed by atoms with Gasteiger partial charge in [0.2, 0.25) is 5.91 Å². The summed E-state index contributed by atoms with van der Waals surface area (Å²) in [6, 6.07) is 12.4. The predicted octanol–water partition coefficient (Wildman–Crippen LogP) is 7.13. The summed E-state index contributed by atoms with van der Waals surface area (Å²) in [5.41, 5.74) is 2.33. The fourth-order valence-corrected chi connectivity index (χ4v) is 6.68. The smallest absolute Gasteiger partial charge is 0.267 e. The minimum atomic E-state index is -0.231. The average Bonchev–Trinajstić information content (AvgIpc) is 3.20. The highest BCUT2D eigenvalue weighted by molar-refractivity contribution is 9.10. The first kappa shape index (κ1) is 23.9. The number of rotatable bonds is 5. The van der Waals surface area contributed by atoms with E-state index in [1.54, 1.807) is 34.1 Å². The first-order chi connectivity index (χ1) is 16.4. The molecule has 0 saturated heterocycles. The molecule has 0 unspecified atom stereocenters. The number of benzene rings is 2. The van der Waals surface area contributed by atoms with E-state index in [0.717, 1.165) is 40.5 Å². The third kappa shape index (κ3) is 4.79. The van der Waals surface area contributed by atoms with Crippen LogP contribution < -0.4 is 10.9 Å². The molecule has 10 heteroatoms. The summed E-state index contributed by atoms with van der Waals surface area (Å²) in [4.78, 5) is 33.3. The number of anilines is 1. The van der Waals surface area contributed by atoms with Crippen molar-refractivity contribution >= 4 is 84.0 Å². The van der Waals surface area contributed by atoms with E-state index in [0.29, 0.717) is 32.0 Å². The van der Waals surface area contributed by atoms with Gasteiger partial charge in [0.15, 0.2) is 5.16 Å². The summed E-state index contributed by atoms with van der Waals surface area (Å²) in [5, 5.41) is 4.81. The topological polar surface area (TPSA) is 64.0 Å². The van der Waals surface area contributed by atoms with E-state index >= 15 is 0 Å². The van der Waals surface area contributed by atoms with Gasteiger partial charge in [0, 0.05) is 15.0 Å². The molecule has 0 saturated carbocycles. The maximum atomic E-state index is 13.7. The van der Waals surface area contributed by atoms with Crippen molar-refractivity contribution in [3.05, 3.63) is 77.8 Å². The summed E-state index contributed by atoms with van der Waals surface area (Å²) in [6.45, 7) is 0. The van der Waals surface area contributed by atoms with Crippen molar-refractivity contribution in [3.63, 3.8) is 0 Å². The number of thiophene rings is 1. The molecule has 1 N–H and O–H groups in total. The number of carbonyl (C=O) groups is 1. The summed E-state index contributed by atoms with van der Waals surface area (Å²) in [6.07, 6.45) is 4.12.